The zero-order chi connectivity index (χ0) is 9.97. The fraction of sp³-hybridized carbons (Fsp3) is 0.600. The highest BCUT2D eigenvalue weighted by Gasteiger charge is 2.23. The predicted octanol–water partition coefficient (Wildman–Crippen LogP) is -0.0819. The molecule has 2 heterocycles. The molecule has 0 aliphatic carbocycles. The molecule has 1 aliphatic rings. The molecule has 2 unspecified atom stereocenters. The minimum Gasteiger partial charge on any atom is -0.364 e. The van der Waals surface area contributed by atoms with E-state index in [9.17, 15) is 0 Å². The molecular formula is C10H18N4. The van der Waals surface area contributed by atoms with Crippen molar-refractivity contribution in [3.63, 3.8) is 0 Å². The maximum atomic E-state index is 6.16. The Bertz CT molecular complexity index is 270. The summed E-state index contributed by atoms with van der Waals surface area (Å²) in [5.74, 6) is 0. The van der Waals surface area contributed by atoms with E-state index in [2.05, 4.69) is 22.2 Å². The number of nitrogens with one attached hydrogen (secondary N) is 2. The normalized spacial score (nSPS) is 26.3. The summed E-state index contributed by atoms with van der Waals surface area (Å²) in [5.41, 5.74) is 7.27. The molecule has 1 fully saturated rings. The average molecular weight is 194 g/mol. The highest BCUT2D eigenvalue weighted by atomic mass is 15.2. The molecule has 4 nitrogen and oxygen atoms in total. The Labute approximate surface area is 84.5 Å². The number of nitrogens with zero attached hydrogens (tertiary/aromatic N) is 1. The quantitative estimate of drug-likeness (QED) is 0.617. The summed E-state index contributed by atoms with van der Waals surface area (Å²) >= 11 is 0. The summed E-state index contributed by atoms with van der Waals surface area (Å²) in [6.07, 6.45) is 1.92. The minimum atomic E-state index is 0.0627. The molecule has 1 aromatic rings. The fourth-order valence-electron chi connectivity index (χ4n) is 1.94. The van der Waals surface area contributed by atoms with Crippen molar-refractivity contribution in [3.8, 4) is 0 Å². The monoisotopic (exact) mass is 194 g/mol. The number of piperazine rings is 1. The third-order valence-corrected chi connectivity index (χ3v) is 2.82. The zero-order valence-electron chi connectivity index (χ0n) is 8.53. The lowest BCUT2D eigenvalue weighted by atomic mass is 10.0. The maximum Gasteiger partial charge on any atom is 0.0616 e. The van der Waals surface area contributed by atoms with Gasteiger partial charge in [0.15, 0.2) is 0 Å². The van der Waals surface area contributed by atoms with Crippen molar-refractivity contribution in [1.82, 2.24) is 15.2 Å². The third-order valence-electron chi connectivity index (χ3n) is 2.82. The van der Waals surface area contributed by atoms with Gasteiger partial charge in [0.25, 0.3) is 0 Å². The molecular weight excluding hydrogens is 176 g/mol. The van der Waals surface area contributed by atoms with Crippen LogP contribution in [0, 0.1) is 0 Å². The van der Waals surface area contributed by atoms with Crippen molar-refractivity contribution in [2.75, 3.05) is 26.7 Å². The van der Waals surface area contributed by atoms with Crippen molar-refractivity contribution < 1.29 is 0 Å². The van der Waals surface area contributed by atoms with Gasteiger partial charge in [0.2, 0.25) is 0 Å². The van der Waals surface area contributed by atoms with E-state index in [0.717, 1.165) is 25.3 Å². The van der Waals surface area contributed by atoms with Gasteiger partial charge in [-0.05, 0) is 19.2 Å². The Kier molecular flexibility index (Phi) is 2.86. The number of nitrogens with two attached hydrogens (primary N) is 1. The molecule has 0 spiro atoms. The maximum absolute atomic E-state index is 6.16. The molecule has 1 aliphatic heterocycles. The molecule has 0 aromatic carbocycles. The molecule has 78 valence electrons. The summed E-state index contributed by atoms with van der Waals surface area (Å²) in [6, 6.07) is 4.45. The van der Waals surface area contributed by atoms with E-state index >= 15 is 0 Å². The number of hydrogen-bond acceptors (Lipinski definition) is 3. The van der Waals surface area contributed by atoms with Crippen molar-refractivity contribution in [2.45, 2.75) is 12.1 Å². The van der Waals surface area contributed by atoms with E-state index in [0.29, 0.717) is 6.04 Å². The topological polar surface area (TPSA) is 57.1 Å². The van der Waals surface area contributed by atoms with Crippen LogP contribution in [-0.4, -0.2) is 42.6 Å². The molecule has 0 bridgehead atoms. The van der Waals surface area contributed by atoms with Gasteiger partial charge in [0, 0.05) is 37.6 Å². The van der Waals surface area contributed by atoms with Crippen LogP contribution in [0.25, 0.3) is 0 Å². The van der Waals surface area contributed by atoms with E-state index in [-0.39, 0.29) is 6.04 Å². The van der Waals surface area contributed by atoms with Crippen molar-refractivity contribution in [3.05, 3.63) is 24.0 Å². The van der Waals surface area contributed by atoms with Crippen LogP contribution >= 0.6 is 0 Å². The van der Waals surface area contributed by atoms with Crippen LogP contribution in [0.2, 0.25) is 0 Å². The standard InChI is InChI=1S/C10H18N4/c1-14-6-5-13-9(7-14)10(11)8-3-2-4-12-8/h2-4,9-10,12-13H,5-7,11H2,1H3. The minimum absolute atomic E-state index is 0.0627. The van der Waals surface area contributed by atoms with E-state index in [1.165, 1.54) is 0 Å². The molecule has 0 saturated carbocycles. The first-order chi connectivity index (χ1) is 6.77. The number of H-pyrrole nitrogens is 1. The van der Waals surface area contributed by atoms with Gasteiger partial charge >= 0.3 is 0 Å². The summed E-state index contributed by atoms with van der Waals surface area (Å²) in [6.45, 7) is 3.14. The van der Waals surface area contributed by atoms with Gasteiger partial charge in [-0.1, -0.05) is 0 Å². The van der Waals surface area contributed by atoms with Crippen LogP contribution in [0.4, 0.5) is 0 Å². The van der Waals surface area contributed by atoms with Crippen LogP contribution in [0.1, 0.15) is 11.7 Å². The summed E-state index contributed by atoms with van der Waals surface area (Å²) in [7, 11) is 2.13. The van der Waals surface area contributed by atoms with Gasteiger partial charge in [-0.15, -0.1) is 0 Å². The molecule has 1 saturated heterocycles. The number of aromatic amines is 1. The summed E-state index contributed by atoms with van der Waals surface area (Å²) in [5, 5.41) is 3.45. The van der Waals surface area contributed by atoms with Gasteiger partial charge in [-0.2, -0.15) is 0 Å². The largest absolute Gasteiger partial charge is 0.364 e. The van der Waals surface area contributed by atoms with Crippen molar-refractivity contribution >= 4 is 0 Å². The predicted molar refractivity (Wildman–Crippen MR) is 57.0 cm³/mol. The SMILES string of the molecule is CN1CCNC(C(N)c2ccc[nH]2)C1. The molecule has 0 amide bonds. The van der Waals surface area contributed by atoms with Gasteiger partial charge in [-0.3, -0.25) is 0 Å². The third kappa shape index (κ3) is 1.97. The lowest BCUT2D eigenvalue weighted by Crippen LogP contribution is -2.53. The lowest BCUT2D eigenvalue weighted by molar-refractivity contribution is 0.219. The Morgan fingerprint density at radius 2 is 2.50 bits per heavy atom. The molecule has 4 heteroatoms. The van der Waals surface area contributed by atoms with Gasteiger partial charge in [0.1, 0.15) is 0 Å². The smallest absolute Gasteiger partial charge is 0.0616 e. The first-order valence-corrected chi connectivity index (χ1v) is 5.08. The van der Waals surface area contributed by atoms with Crippen LogP contribution in [0.5, 0.6) is 0 Å². The van der Waals surface area contributed by atoms with E-state index in [1.807, 2.05) is 18.3 Å². The van der Waals surface area contributed by atoms with Crippen LogP contribution < -0.4 is 11.1 Å². The number of hydrogen-bond donors (Lipinski definition) is 3. The fourth-order valence-corrected chi connectivity index (χ4v) is 1.94. The molecule has 0 radical (unpaired) electrons. The van der Waals surface area contributed by atoms with Crippen LogP contribution in [-0.2, 0) is 0 Å². The number of aromatic nitrogens is 1. The molecule has 1 aromatic heterocycles. The van der Waals surface area contributed by atoms with E-state index in [1.54, 1.807) is 0 Å². The zero-order valence-corrected chi connectivity index (χ0v) is 8.53. The van der Waals surface area contributed by atoms with Crippen LogP contribution in [0.3, 0.4) is 0 Å². The van der Waals surface area contributed by atoms with Crippen molar-refractivity contribution in [2.24, 2.45) is 5.73 Å². The highest BCUT2D eigenvalue weighted by Crippen LogP contribution is 2.14. The van der Waals surface area contributed by atoms with Gasteiger partial charge < -0.3 is 20.9 Å². The van der Waals surface area contributed by atoms with E-state index in [4.69, 9.17) is 5.73 Å². The second kappa shape index (κ2) is 4.13. The van der Waals surface area contributed by atoms with Crippen molar-refractivity contribution in [1.29, 1.82) is 0 Å². The van der Waals surface area contributed by atoms with Gasteiger partial charge in [0.05, 0.1) is 6.04 Å². The molecule has 2 rings (SSSR count). The lowest BCUT2D eigenvalue weighted by Gasteiger charge is -2.34. The molecule has 4 N–H and O–H groups in total. The number of rotatable bonds is 2. The first-order valence-electron chi connectivity index (χ1n) is 5.08. The number of likely N-dealkylation sites (N-methyl/N-ethyl adjacent to an activating group) is 1. The Balaban J connectivity index is 2.00. The van der Waals surface area contributed by atoms with Crippen LogP contribution in [0.15, 0.2) is 18.3 Å². The second-order valence-corrected chi connectivity index (χ2v) is 3.97. The Morgan fingerprint density at radius 1 is 1.64 bits per heavy atom. The first kappa shape index (κ1) is 9.71. The molecule has 14 heavy (non-hydrogen) atoms. The van der Waals surface area contributed by atoms with Gasteiger partial charge in [-0.25, -0.2) is 0 Å². The highest BCUT2D eigenvalue weighted by molar-refractivity contribution is 5.11. The summed E-state index contributed by atoms with van der Waals surface area (Å²) < 4.78 is 0. The Morgan fingerprint density at radius 3 is 3.14 bits per heavy atom. The summed E-state index contributed by atoms with van der Waals surface area (Å²) in [4.78, 5) is 5.48. The average Bonchev–Trinajstić information content (AvgIpc) is 2.69. The Hall–Kier alpha value is -0.840. The van der Waals surface area contributed by atoms with E-state index < -0.39 is 0 Å². The second-order valence-electron chi connectivity index (χ2n) is 3.97. The molecule has 2 atom stereocenters.